The third-order valence-electron chi connectivity index (χ3n) is 2.19. The summed E-state index contributed by atoms with van der Waals surface area (Å²) >= 11 is 0. The summed E-state index contributed by atoms with van der Waals surface area (Å²) in [6.07, 6.45) is 0. The highest BCUT2D eigenvalue weighted by atomic mass is 16.5. The Kier molecular flexibility index (Phi) is 4.13. The van der Waals surface area contributed by atoms with Crippen LogP contribution >= 0.6 is 0 Å². The summed E-state index contributed by atoms with van der Waals surface area (Å²) in [6, 6.07) is 3.00. The average molecular weight is 226 g/mol. The Morgan fingerprint density at radius 3 is 2.00 bits per heavy atom. The van der Waals surface area contributed by atoms with Crippen LogP contribution in [0.1, 0.15) is 15.9 Å². The maximum Gasteiger partial charge on any atom is 0.338 e. The quantitative estimate of drug-likeness (QED) is 0.775. The van der Waals surface area contributed by atoms with E-state index in [1.165, 1.54) is 33.5 Å². The number of aliphatic hydroxyl groups excluding tert-OH is 1. The number of rotatable bonds is 4. The summed E-state index contributed by atoms with van der Waals surface area (Å²) in [5, 5.41) is 9.17. The minimum Gasteiger partial charge on any atom is -0.496 e. The van der Waals surface area contributed by atoms with Gasteiger partial charge in [0.25, 0.3) is 0 Å². The first kappa shape index (κ1) is 12.3. The Labute approximate surface area is 93.6 Å². The van der Waals surface area contributed by atoms with Crippen LogP contribution in [0.3, 0.4) is 0 Å². The third-order valence-corrected chi connectivity index (χ3v) is 2.19. The summed E-state index contributed by atoms with van der Waals surface area (Å²) in [4.78, 5) is 11.4. The van der Waals surface area contributed by atoms with Crippen molar-refractivity contribution in [3.63, 3.8) is 0 Å². The van der Waals surface area contributed by atoms with Crippen LogP contribution in [0.25, 0.3) is 0 Å². The van der Waals surface area contributed by atoms with Crippen molar-refractivity contribution in [2.45, 2.75) is 6.61 Å². The molecule has 0 radical (unpaired) electrons. The molecule has 0 bridgehead atoms. The lowest BCUT2D eigenvalue weighted by molar-refractivity contribution is 0.0599. The van der Waals surface area contributed by atoms with E-state index in [9.17, 15) is 9.90 Å². The van der Waals surface area contributed by atoms with E-state index in [2.05, 4.69) is 4.74 Å². The maximum absolute atomic E-state index is 11.4. The van der Waals surface area contributed by atoms with Crippen LogP contribution < -0.4 is 9.47 Å². The molecule has 0 aliphatic heterocycles. The van der Waals surface area contributed by atoms with E-state index in [1.807, 2.05) is 0 Å². The highest BCUT2D eigenvalue weighted by Gasteiger charge is 2.15. The maximum atomic E-state index is 11.4. The Balaban J connectivity index is 3.31. The van der Waals surface area contributed by atoms with Crippen LogP contribution in [-0.4, -0.2) is 32.4 Å². The molecule has 0 aliphatic rings. The fourth-order valence-corrected chi connectivity index (χ4v) is 1.38. The minimum absolute atomic E-state index is 0.228. The zero-order valence-corrected chi connectivity index (χ0v) is 9.44. The molecule has 0 fully saturated rings. The Bertz CT molecular complexity index is 361. The zero-order valence-electron chi connectivity index (χ0n) is 9.44. The van der Waals surface area contributed by atoms with Crippen LogP contribution in [0.4, 0.5) is 0 Å². The Morgan fingerprint density at radius 1 is 1.19 bits per heavy atom. The molecular weight excluding hydrogens is 212 g/mol. The highest BCUT2D eigenvalue weighted by molar-refractivity contribution is 5.90. The van der Waals surface area contributed by atoms with E-state index in [0.717, 1.165) is 0 Å². The third kappa shape index (κ3) is 2.25. The first-order chi connectivity index (χ1) is 7.67. The number of carbonyl (C=O) groups is 1. The fraction of sp³-hybridized carbons (Fsp3) is 0.364. The smallest absolute Gasteiger partial charge is 0.338 e. The van der Waals surface area contributed by atoms with Crippen LogP contribution in [0.2, 0.25) is 0 Å². The molecule has 16 heavy (non-hydrogen) atoms. The first-order valence-electron chi connectivity index (χ1n) is 4.62. The molecule has 5 heteroatoms. The molecule has 1 rings (SSSR count). The van der Waals surface area contributed by atoms with Crippen LogP contribution in [0.15, 0.2) is 12.1 Å². The largest absolute Gasteiger partial charge is 0.496 e. The summed E-state index contributed by atoms with van der Waals surface area (Å²) in [5.41, 5.74) is 0.811. The number of hydrogen-bond acceptors (Lipinski definition) is 5. The SMILES string of the molecule is COC(=O)c1cc(OC)c(CO)c(OC)c1. The fourth-order valence-electron chi connectivity index (χ4n) is 1.38. The number of hydrogen-bond donors (Lipinski definition) is 1. The van der Waals surface area contributed by atoms with Gasteiger partial charge in [0.1, 0.15) is 11.5 Å². The van der Waals surface area contributed by atoms with E-state index in [4.69, 9.17) is 9.47 Å². The molecule has 0 amide bonds. The number of ether oxygens (including phenoxy) is 3. The van der Waals surface area contributed by atoms with Gasteiger partial charge in [0.15, 0.2) is 0 Å². The molecule has 0 atom stereocenters. The number of carbonyl (C=O) groups excluding carboxylic acids is 1. The molecule has 0 aromatic heterocycles. The van der Waals surface area contributed by atoms with Crippen LogP contribution in [0, 0.1) is 0 Å². The van der Waals surface area contributed by atoms with Crippen molar-refractivity contribution < 1.29 is 24.1 Å². The van der Waals surface area contributed by atoms with E-state index in [0.29, 0.717) is 22.6 Å². The molecule has 5 nitrogen and oxygen atoms in total. The van der Waals surface area contributed by atoms with Crippen LogP contribution in [-0.2, 0) is 11.3 Å². The molecule has 0 heterocycles. The zero-order chi connectivity index (χ0) is 12.1. The predicted molar refractivity (Wildman–Crippen MR) is 56.8 cm³/mol. The van der Waals surface area contributed by atoms with Gasteiger partial charge in [-0.2, -0.15) is 0 Å². The molecule has 1 N–H and O–H groups in total. The Morgan fingerprint density at radius 2 is 1.69 bits per heavy atom. The second-order valence-corrected chi connectivity index (χ2v) is 3.01. The lowest BCUT2D eigenvalue weighted by Crippen LogP contribution is -2.05. The van der Waals surface area contributed by atoms with Gasteiger partial charge in [0, 0.05) is 0 Å². The molecule has 1 aromatic rings. The molecule has 0 saturated carbocycles. The normalized spacial score (nSPS) is 9.75. The van der Waals surface area contributed by atoms with Gasteiger partial charge in [-0.05, 0) is 12.1 Å². The van der Waals surface area contributed by atoms with E-state index in [1.54, 1.807) is 0 Å². The number of esters is 1. The molecule has 0 spiro atoms. The molecule has 0 unspecified atom stereocenters. The van der Waals surface area contributed by atoms with Crippen molar-refractivity contribution >= 4 is 5.97 Å². The molecule has 1 aromatic carbocycles. The molecule has 0 aliphatic carbocycles. The van der Waals surface area contributed by atoms with Crippen molar-refractivity contribution in [1.29, 1.82) is 0 Å². The second-order valence-electron chi connectivity index (χ2n) is 3.01. The predicted octanol–water partition coefficient (Wildman–Crippen LogP) is 0.983. The average Bonchev–Trinajstić information content (AvgIpc) is 2.35. The topological polar surface area (TPSA) is 65.0 Å². The Hall–Kier alpha value is -1.75. The number of benzene rings is 1. The summed E-state index contributed by atoms with van der Waals surface area (Å²) < 4.78 is 14.7. The van der Waals surface area contributed by atoms with Gasteiger partial charge in [0.2, 0.25) is 0 Å². The van der Waals surface area contributed by atoms with Gasteiger partial charge < -0.3 is 19.3 Å². The number of aliphatic hydroxyl groups is 1. The monoisotopic (exact) mass is 226 g/mol. The summed E-state index contributed by atoms with van der Waals surface area (Å²) in [7, 11) is 4.20. The van der Waals surface area contributed by atoms with Crippen molar-refractivity contribution in [2.24, 2.45) is 0 Å². The minimum atomic E-state index is -0.485. The van der Waals surface area contributed by atoms with E-state index >= 15 is 0 Å². The first-order valence-corrected chi connectivity index (χ1v) is 4.62. The van der Waals surface area contributed by atoms with Gasteiger partial charge in [-0.25, -0.2) is 4.79 Å². The summed E-state index contributed by atoms with van der Waals surface area (Å²) in [5.74, 6) is 0.297. The molecule has 88 valence electrons. The lowest BCUT2D eigenvalue weighted by atomic mass is 10.1. The summed E-state index contributed by atoms with van der Waals surface area (Å²) in [6.45, 7) is -0.228. The van der Waals surface area contributed by atoms with Gasteiger partial charge in [-0.3, -0.25) is 0 Å². The standard InChI is InChI=1S/C11H14O5/c1-14-9-4-7(11(13)16-3)5-10(15-2)8(9)6-12/h4-5,12H,6H2,1-3H3. The van der Waals surface area contributed by atoms with Gasteiger partial charge in [-0.1, -0.05) is 0 Å². The van der Waals surface area contributed by atoms with Crippen molar-refractivity contribution in [2.75, 3.05) is 21.3 Å². The van der Waals surface area contributed by atoms with Crippen molar-refractivity contribution in [3.8, 4) is 11.5 Å². The van der Waals surface area contributed by atoms with Gasteiger partial charge in [-0.15, -0.1) is 0 Å². The highest BCUT2D eigenvalue weighted by Crippen LogP contribution is 2.30. The van der Waals surface area contributed by atoms with Crippen molar-refractivity contribution in [3.05, 3.63) is 23.3 Å². The van der Waals surface area contributed by atoms with Crippen molar-refractivity contribution in [1.82, 2.24) is 0 Å². The second kappa shape index (κ2) is 5.37. The lowest BCUT2D eigenvalue weighted by Gasteiger charge is -2.12. The van der Waals surface area contributed by atoms with E-state index in [-0.39, 0.29) is 6.61 Å². The van der Waals surface area contributed by atoms with Gasteiger partial charge in [0.05, 0.1) is 39.1 Å². The number of methoxy groups -OCH3 is 3. The van der Waals surface area contributed by atoms with Crippen LogP contribution in [0.5, 0.6) is 11.5 Å². The molecular formula is C11H14O5. The van der Waals surface area contributed by atoms with E-state index < -0.39 is 5.97 Å². The van der Waals surface area contributed by atoms with Gasteiger partial charge >= 0.3 is 5.97 Å². The molecule has 0 saturated heterocycles.